The summed E-state index contributed by atoms with van der Waals surface area (Å²) in [5.74, 6) is -0.937. The van der Waals surface area contributed by atoms with Gasteiger partial charge in [0.15, 0.2) is 11.6 Å². The molecule has 2 rings (SSSR count). The van der Waals surface area contributed by atoms with Gasteiger partial charge in [-0.05, 0) is 52.7 Å². The highest BCUT2D eigenvalue weighted by molar-refractivity contribution is 9.10. The molecule has 1 atom stereocenters. The predicted molar refractivity (Wildman–Crippen MR) is 71.2 cm³/mol. The molecule has 100 valence electrons. The van der Waals surface area contributed by atoms with E-state index in [1.807, 2.05) is 0 Å². The highest BCUT2D eigenvalue weighted by Crippen LogP contribution is 2.32. The minimum Gasteiger partial charge on any atom is -0.453 e. The van der Waals surface area contributed by atoms with Crippen LogP contribution in [0.25, 0.3) is 0 Å². The van der Waals surface area contributed by atoms with E-state index in [-0.39, 0.29) is 11.5 Å². The number of halogens is 3. The lowest BCUT2D eigenvalue weighted by Crippen LogP contribution is -1.95. The molecular weight excluding hydrogens is 318 g/mol. The van der Waals surface area contributed by atoms with Crippen LogP contribution in [0.5, 0.6) is 11.5 Å². The smallest absolute Gasteiger partial charge is 0.166 e. The molecule has 0 aliphatic heterocycles. The maximum atomic E-state index is 13.8. The third-order valence-corrected chi connectivity index (χ3v) is 3.21. The second-order valence-electron chi connectivity index (χ2n) is 4.04. The third-order valence-electron chi connectivity index (χ3n) is 2.55. The molecule has 2 aromatic rings. The molecule has 0 aliphatic rings. The fourth-order valence-corrected chi connectivity index (χ4v) is 1.86. The Morgan fingerprint density at radius 3 is 2.47 bits per heavy atom. The van der Waals surface area contributed by atoms with Crippen molar-refractivity contribution >= 4 is 15.9 Å². The van der Waals surface area contributed by atoms with Crippen molar-refractivity contribution in [1.82, 2.24) is 0 Å². The minimum atomic E-state index is -0.760. The number of hydrogen-bond acceptors (Lipinski definition) is 2. The Labute approximate surface area is 117 Å². The van der Waals surface area contributed by atoms with Crippen molar-refractivity contribution in [2.45, 2.75) is 13.0 Å². The average Bonchev–Trinajstić information content (AvgIpc) is 2.36. The third kappa shape index (κ3) is 3.30. The molecule has 0 radical (unpaired) electrons. The van der Waals surface area contributed by atoms with Gasteiger partial charge in [0.05, 0.1) is 10.6 Å². The molecule has 0 fully saturated rings. The van der Waals surface area contributed by atoms with Crippen LogP contribution in [0, 0.1) is 11.6 Å². The first-order valence-electron chi connectivity index (χ1n) is 5.58. The molecule has 0 aliphatic carbocycles. The van der Waals surface area contributed by atoms with Gasteiger partial charge in [-0.1, -0.05) is 6.07 Å². The number of aliphatic hydroxyl groups is 1. The molecule has 0 saturated carbocycles. The Morgan fingerprint density at radius 2 is 1.84 bits per heavy atom. The zero-order valence-corrected chi connectivity index (χ0v) is 11.6. The highest BCUT2D eigenvalue weighted by atomic mass is 79.9. The number of ether oxygens (including phenoxy) is 1. The Morgan fingerprint density at radius 1 is 1.11 bits per heavy atom. The normalized spacial score (nSPS) is 12.3. The summed E-state index contributed by atoms with van der Waals surface area (Å²) in [6.07, 6.45) is -0.760. The molecule has 1 unspecified atom stereocenters. The van der Waals surface area contributed by atoms with Gasteiger partial charge in [-0.3, -0.25) is 0 Å². The molecule has 0 amide bonds. The molecular formula is C14H11BrF2O2. The van der Waals surface area contributed by atoms with E-state index in [1.165, 1.54) is 24.3 Å². The summed E-state index contributed by atoms with van der Waals surface area (Å²) < 4.78 is 32.7. The van der Waals surface area contributed by atoms with E-state index in [2.05, 4.69) is 15.9 Å². The lowest BCUT2D eigenvalue weighted by Gasteiger charge is -2.11. The maximum Gasteiger partial charge on any atom is 0.166 e. The van der Waals surface area contributed by atoms with Crippen molar-refractivity contribution in [3.63, 3.8) is 0 Å². The number of aliphatic hydroxyl groups excluding tert-OH is 1. The van der Waals surface area contributed by atoms with Gasteiger partial charge in [0.25, 0.3) is 0 Å². The predicted octanol–water partition coefficient (Wildman–Crippen LogP) is 4.57. The first kappa shape index (κ1) is 14.0. The SMILES string of the molecule is CC(O)c1ccc(Oc2cc(F)ccc2Br)c(F)c1. The van der Waals surface area contributed by atoms with E-state index in [4.69, 9.17) is 4.74 Å². The number of hydrogen-bond donors (Lipinski definition) is 1. The molecule has 2 nitrogen and oxygen atoms in total. The van der Waals surface area contributed by atoms with Gasteiger partial charge in [-0.15, -0.1) is 0 Å². The minimum absolute atomic E-state index is 0.0318. The van der Waals surface area contributed by atoms with Gasteiger partial charge >= 0.3 is 0 Å². The molecule has 0 heterocycles. The molecule has 0 saturated heterocycles. The van der Waals surface area contributed by atoms with E-state index in [0.29, 0.717) is 10.0 Å². The van der Waals surface area contributed by atoms with Gasteiger partial charge in [0, 0.05) is 6.07 Å². The average molecular weight is 329 g/mol. The van der Waals surface area contributed by atoms with Gasteiger partial charge in [-0.25, -0.2) is 8.78 Å². The number of benzene rings is 2. The van der Waals surface area contributed by atoms with E-state index in [1.54, 1.807) is 13.0 Å². The molecule has 1 N–H and O–H groups in total. The van der Waals surface area contributed by atoms with Crippen LogP contribution in [0.2, 0.25) is 0 Å². The Kier molecular flexibility index (Phi) is 4.17. The summed E-state index contributed by atoms with van der Waals surface area (Å²) >= 11 is 3.20. The fourth-order valence-electron chi connectivity index (χ4n) is 1.53. The lowest BCUT2D eigenvalue weighted by atomic mass is 10.1. The summed E-state index contributed by atoms with van der Waals surface area (Å²) in [6.45, 7) is 1.54. The summed E-state index contributed by atoms with van der Waals surface area (Å²) in [6, 6.07) is 8.04. The topological polar surface area (TPSA) is 29.5 Å². The van der Waals surface area contributed by atoms with E-state index >= 15 is 0 Å². The molecule has 0 bridgehead atoms. The maximum absolute atomic E-state index is 13.8. The standard InChI is InChI=1S/C14H11BrF2O2/c1-8(18)9-2-5-13(12(17)6-9)19-14-7-10(16)3-4-11(14)15/h2-8,18H,1H3. The van der Waals surface area contributed by atoms with Crippen LogP contribution in [-0.2, 0) is 0 Å². The lowest BCUT2D eigenvalue weighted by molar-refractivity contribution is 0.198. The molecule has 0 aromatic heterocycles. The van der Waals surface area contributed by atoms with Gasteiger partial charge in [0.1, 0.15) is 11.6 Å². The van der Waals surface area contributed by atoms with Crippen molar-refractivity contribution in [2.24, 2.45) is 0 Å². The van der Waals surface area contributed by atoms with Crippen molar-refractivity contribution in [2.75, 3.05) is 0 Å². The first-order valence-corrected chi connectivity index (χ1v) is 6.37. The number of rotatable bonds is 3. The van der Waals surface area contributed by atoms with Crippen LogP contribution in [0.3, 0.4) is 0 Å². The van der Waals surface area contributed by atoms with Crippen molar-refractivity contribution in [3.8, 4) is 11.5 Å². The van der Waals surface area contributed by atoms with E-state index < -0.39 is 17.7 Å². The molecule has 19 heavy (non-hydrogen) atoms. The van der Waals surface area contributed by atoms with E-state index in [0.717, 1.165) is 6.07 Å². The first-order chi connectivity index (χ1) is 8.97. The van der Waals surface area contributed by atoms with Gasteiger partial charge in [0.2, 0.25) is 0 Å². The van der Waals surface area contributed by atoms with Crippen molar-refractivity contribution in [3.05, 3.63) is 58.1 Å². The summed E-state index contributed by atoms with van der Waals surface area (Å²) in [7, 11) is 0. The Balaban J connectivity index is 2.31. The monoisotopic (exact) mass is 328 g/mol. The molecule has 2 aromatic carbocycles. The largest absolute Gasteiger partial charge is 0.453 e. The second-order valence-corrected chi connectivity index (χ2v) is 4.90. The van der Waals surface area contributed by atoms with Crippen molar-refractivity contribution in [1.29, 1.82) is 0 Å². The Bertz CT molecular complexity index is 600. The van der Waals surface area contributed by atoms with Crippen molar-refractivity contribution < 1.29 is 18.6 Å². The van der Waals surface area contributed by atoms with Crippen LogP contribution < -0.4 is 4.74 Å². The second kappa shape index (κ2) is 5.67. The van der Waals surface area contributed by atoms with E-state index in [9.17, 15) is 13.9 Å². The Hall–Kier alpha value is -1.46. The quantitative estimate of drug-likeness (QED) is 0.894. The summed E-state index contributed by atoms with van der Waals surface area (Å²) in [4.78, 5) is 0. The highest BCUT2D eigenvalue weighted by Gasteiger charge is 2.11. The van der Waals surface area contributed by atoms with Crippen LogP contribution >= 0.6 is 15.9 Å². The van der Waals surface area contributed by atoms with Crippen LogP contribution in [0.1, 0.15) is 18.6 Å². The van der Waals surface area contributed by atoms with Gasteiger partial charge in [-0.2, -0.15) is 0 Å². The zero-order valence-electron chi connectivity index (χ0n) is 10.0. The van der Waals surface area contributed by atoms with Crippen LogP contribution in [-0.4, -0.2) is 5.11 Å². The summed E-state index contributed by atoms with van der Waals surface area (Å²) in [5.41, 5.74) is 0.447. The molecule has 5 heteroatoms. The summed E-state index contributed by atoms with van der Waals surface area (Å²) in [5, 5.41) is 9.34. The van der Waals surface area contributed by atoms with Crippen LogP contribution in [0.4, 0.5) is 8.78 Å². The fraction of sp³-hybridized carbons (Fsp3) is 0.143. The van der Waals surface area contributed by atoms with Gasteiger partial charge < -0.3 is 9.84 Å². The molecule has 0 spiro atoms. The zero-order chi connectivity index (χ0) is 14.0. The van der Waals surface area contributed by atoms with Crippen LogP contribution in [0.15, 0.2) is 40.9 Å².